The molecule has 14 heteroatoms. The van der Waals surface area contributed by atoms with Crippen LogP contribution >= 0.6 is 7.52 Å². The van der Waals surface area contributed by atoms with E-state index < -0.39 is 44.1 Å². The average Bonchev–Trinajstić information content (AvgIpc) is 3.38. The molecule has 13 nitrogen and oxygen atoms in total. The molecular weight excluding hydrogens is 443 g/mol. The number of nitrogens with two attached hydrogens (primary N) is 1. The minimum atomic E-state index is -3.85. The van der Waals surface area contributed by atoms with E-state index in [0.29, 0.717) is 30.6 Å². The number of carbonyl (C=O) groups excluding carboxylic acids is 1. The van der Waals surface area contributed by atoms with Crippen molar-refractivity contribution in [2.24, 2.45) is 0 Å². The number of nitrogen functional groups attached to an aromatic ring is 1. The van der Waals surface area contributed by atoms with Gasteiger partial charge in [-0.05, 0) is 33.6 Å². The van der Waals surface area contributed by atoms with Crippen molar-refractivity contribution in [3.05, 3.63) is 12.7 Å². The highest BCUT2D eigenvalue weighted by Crippen LogP contribution is 2.51. The van der Waals surface area contributed by atoms with Crippen molar-refractivity contribution in [1.29, 1.82) is 0 Å². The molecular formula is C18H27N6O7P. The highest BCUT2D eigenvalue weighted by atomic mass is 31.2. The maximum absolute atomic E-state index is 13.3. The Balaban J connectivity index is 1.65. The van der Waals surface area contributed by atoms with Crippen LogP contribution in [0.5, 0.6) is 0 Å². The molecule has 0 amide bonds. The van der Waals surface area contributed by atoms with Crippen LogP contribution in [0.1, 0.15) is 33.6 Å². The first-order valence-corrected chi connectivity index (χ1v) is 11.8. The van der Waals surface area contributed by atoms with Gasteiger partial charge in [0.2, 0.25) is 0 Å². The number of nitrogens with zero attached hydrogens (tertiary/aromatic N) is 4. The van der Waals surface area contributed by atoms with Crippen LogP contribution in [0.25, 0.3) is 11.2 Å². The maximum Gasteiger partial charge on any atom is 0.332 e. The van der Waals surface area contributed by atoms with E-state index in [2.05, 4.69) is 20.0 Å². The SMILES string of the molecule is CC(C)OC(=O)COP(=O)(COC(C)Cn1cnc2c(N)ncnc21)NC1(C(=O)O)CC1. The molecule has 0 aromatic carbocycles. The molecule has 2 unspecified atom stereocenters. The third kappa shape index (κ3) is 5.80. The summed E-state index contributed by atoms with van der Waals surface area (Å²) in [6.07, 6.45) is 2.16. The van der Waals surface area contributed by atoms with E-state index in [1.165, 1.54) is 12.7 Å². The number of carboxylic acids is 1. The van der Waals surface area contributed by atoms with Gasteiger partial charge in [0.25, 0.3) is 7.52 Å². The Bertz CT molecular complexity index is 1040. The van der Waals surface area contributed by atoms with E-state index in [9.17, 15) is 19.3 Å². The highest BCUT2D eigenvalue weighted by Gasteiger charge is 2.54. The molecule has 3 rings (SSSR count). The largest absolute Gasteiger partial charge is 0.480 e. The number of hydrogen-bond acceptors (Lipinski definition) is 10. The van der Waals surface area contributed by atoms with Crippen molar-refractivity contribution in [3.63, 3.8) is 0 Å². The van der Waals surface area contributed by atoms with Gasteiger partial charge >= 0.3 is 11.9 Å². The fraction of sp³-hybridized carbons (Fsp3) is 0.611. The number of esters is 1. The molecule has 4 N–H and O–H groups in total. The van der Waals surface area contributed by atoms with Crippen LogP contribution in [-0.4, -0.2) is 67.3 Å². The predicted molar refractivity (Wildman–Crippen MR) is 113 cm³/mol. The topological polar surface area (TPSA) is 181 Å². The Hall–Kier alpha value is -2.60. The summed E-state index contributed by atoms with van der Waals surface area (Å²) in [6, 6.07) is 0. The molecule has 0 radical (unpaired) electrons. The molecule has 1 aliphatic rings. The lowest BCUT2D eigenvalue weighted by molar-refractivity contribution is -0.149. The molecule has 0 aliphatic heterocycles. The van der Waals surface area contributed by atoms with Gasteiger partial charge in [-0.15, -0.1) is 0 Å². The van der Waals surface area contributed by atoms with Gasteiger partial charge in [-0.1, -0.05) is 0 Å². The summed E-state index contributed by atoms with van der Waals surface area (Å²) in [4.78, 5) is 35.6. The summed E-state index contributed by atoms with van der Waals surface area (Å²) in [5.74, 6) is -1.60. The third-order valence-corrected chi connectivity index (χ3v) is 6.52. The van der Waals surface area contributed by atoms with Crippen LogP contribution in [0.2, 0.25) is 0 Å². The first-order valence-electron chi connectivity index (χ1n) is 10.0. The summed E-state index contributed by atoms with van der Waals surface area (Å²) in [6.45, 7) is 4.77. The van der Waals surface area contributed by atoms with E-state index in [-0.39, 0.29) is 11.9 Å². The van der Waals surface area contributed by atoms with Crippen LogP contribution in [0.15, 0.2) is 12.7 Å². The zero-order chi connectivity index (χ0) is 23.5. The summed E-state index contributed by atoms with van der Waals surface area (Å²) >= 11 is 0. The van der Waals surface area contributed by atoms with Gasteiger partial charge in [0.05, 0.1) is 25.1 Å². The first kappa shape index (κ1) is 24.1. The van der Waals surface area contributed by atoms with Gasteiger partial charge in [0.1, 0.15) is 23.7 Å². The van der Waals surface area contributed by atoms with Gasteiger partial charge < -0.3 is 29.4 Å². The van der Waals surface area contributed by atoms with Gasteiger partial charge in [-0.3, -0.25) is 9.36 Å². The Kier molecular flexibility index (Phi) is 7.13. The van der Waals surface area contributed by atoms with Crippen LogP contribution in [-0.2, 0) is 34.7 Å². The first-order chi connectivity index (χ1) is 15.0. The Morgan fingerprint density at radius 3 is 2.66 bits per heavy atom. The van der Waals surface area contributed by atoms with Crippen LogP contribution < -0.4 is 10.8 Å². The van der Waals surface area contributed by atoms with E-state index in [4.69, 9.17) is 19.7 Å². The van der Waals surface area contributed by atoms with Gasteiger partial charge in [0, 0.05) is 0 Å². The molecule has 1 saturated carbocycles. The number of hydrogen-bond donors (Lipinski definition) is 3. The second-order valence-electron chi connectivity index (χ2n) is 7.92. The maximum atomic E-state index is 13.3. The predicted octanol–water partition coefficient (Wildman–Crippen LogP) is 1.14. The van der Waals surface area contributed by atoms with Crippen molar-refractivity contribution in [2.75, 3.05) is 18.7 Å². The van der Waals surface area contributed by atoms with Crippen LogP contribution in [0, 0.1) is 0 Å². The number of aliphatic carboxylic acids is 1. The zero-order valence-corrected chi connectivity index (χ0v) is 18.9. The Labute approximate surface area is 184 Å². The number of carbonyl (C=O) groups is 2. The second-order valence-corrected chi connectivity index (χ2v) is 10.0. The number of carboxylic acid groups (broad SMARTS) is 1. The number of aromatic nitrogens is 4. The summed E-state index contributed by atoms with van der Waals surface area (Å²) in [7, 11) is -3.85. The monoisotopic (exact) mass is 470 g/mol. The molecule has 0 saturated heterocycles. The molecule has 2 heterocycles. The summed E-state index contributed by atoms with van der Waals surface area (Å²) in [5.41, 5.74) is 5.41. The quantitative estimate of drug-likeness (QED) is 0.298. The molecule has 1 aliphatic carbocycles. The zero-order valence-electron chi connectivity index (χ0n) is 18.1. The van der Waals surface area contributed by atoms with Crippen molar-refractivity contribution in [3.8, 4) is 0 Å². The van der Waals surface area contributed by atoms with Crippen molar-refractivity contribution in [1.82, 2.24) is 24.6 Å². The number of rotatable bonds is 12. The number of nitrogens with one attached hydrogen (secondary N) is 1. The highest BCUT2D eigenvalue weighted by molar-refractivity contribution is 7.56. The second kappa shape index (κ2) is 9.49. The minimum Gasteiger partial charge on any atom is -0.480 e. The van der Waals surface area contributed by atoms with Crippen LogP contribution in [0.3, 0.4) is 0 Å². The fourth-order valence-corrected chi connectivity index (χ4v) is 4.91. The van der Waals surface area contributed by atoms with Gasteiger partial charge in [-0.25, -0.2) is 24.8 Å². The molecule has 2 aromatic heterocycles. The number of imidazole rings is 1. The molecule has 1 fully saturated rings. The van der Waals surface area contributed by atoms with Crippen LogP contribution in [0.4, 0.5) is 5.82 Å². The van der Waals surface area contributed by atoms with E-state index in [0.717, 1.165) is 0 Å². The lowest BCUT2D eigenvalue weighted by Gasteiger charge is -2.25. The molecule has 2 atom stereocenters. The minimum absolute atomic E-state index is 0.251. The summed E-state index contributed by atoms with van der Waals surface area (Å²) < 4.78 is 31.1. The van der Waals surface area contributed by atoms with E-state index in [1.807, 2.05) is 0 Å². The number of fused-ring (bicyclic) bond motifs is 1. The van der Waals surface area contributed by atoms with Crippen molar-refractivity contribution >= 4 is 36.4 Å². The molecule has 176 valence electrons. The number of ether oxygens (including phenoxy) is 2. The normalized spacial score (nSPS) is 17.8. The smallest absolute Gasteiger partial charge is 0.332 e. The van der Waals surface area contributed by atoms with E-state index >= 15 is 0 Å². The Morgan fingerprint density at radius 1 is 1.31 bits per heavy atom. The average molecular weight is 470 g/mol. The number of anilines is 1. The molecule has 0 spiro atoms. The molecule has 32 heavy (non-hydrogen) atoms. The standard InChI is InChI=1S/C18H27N6O7P/c1-11(2)31-13(25)7-30-32(28,23-18(4-5-18)17(26)27)10-29-12(3)6-24-9-22-14-15(19)20-8-21-16(14)24/h8-9,11-12H,4-7,10H2,1-3H3,(H,23,28)(H,26,27)(H2,19,20,21). The lowest BCUT2D eigenvalue weighted by atomic mass is 10.3. The van der Waals surface area contributed by atoms with Crippen molar-refractivity contribution in [2.45, 2.75) is 57.9 Å². The third-order valence-electron chi connectivity index (χ3n) is 4.71. The summed E-state index contributed by atoms with van der Waals surface area (Å²) in [5, 5.41) is 12.0. The lowest BCUT2D eigenvalue weighted by Crippen LogP contribution is -2.39. The molecule has 2 aromatic rings. The Morgan fingerprint density at radius 2 is 2.03 bits per heavy atom. The van der Waals surface area contributed by atoms with Gasteiger partial charge in [0.15, 0.2) is 18.1 Å². The van der Waals surface area contributed by atoms with E-state index in [1.54, 1.807) is 25.3 Å². The van der Waals surface area contributed by atoms with Crippen molar-refractivity contribution < 1.29 is 33.3 Å². The molecule has 0 bridgehead atoms. The fourth-order valence-electron chi connectivity index (χ4n) is 2.97. The van der Waals surface area contributed by atoms with Gasteiger partial charge in [-0.2, -0.15) is 0 Å².